The SMILES string of the molecule is CC1(C)C(=O)Nc2ccccc2N1C(=O)COC(=O)c1ccc2c(c1)C(=O)N(Cc1ccco1)C2=O. The van der Waals surface area contributed by atoms with Crippen molar-refractivity contribution >= 4 is 41.0 Å². The van der Waals surface area contributed by atoms with Gasteiger partial charge in [-0.05, 0) is 56.3 Å². The number of para-hydroxylation sites is 2. The maximum atomic E-state index is 13.1. The number of fused-ring (bicyclic) bond motifs is 2. The molecule has 2 aliphatic rings. The largest absolute Gasteiger partial charge is 0.467 e. The minimum absolute atomic E-state index is 0.0126. The number of carbonyl (C=O) groups excluding carboxylic acids is 5. The van der Waals surface area contributed by atoms with Gasteiger partial charge >= 0.3 is 5.97 Å². The standard InChI is InChI=1S/C26H21N3O7/c1-26(2)25(34)27-19-7-3-4-8-20(19)29(26)21(30)14-36-24(33)15-9-10-17-18(12-15)23(32)28(22(17)31)13-16-6-5-11-35-16/h3-12H,13-14H2,1-2H3,(H,27,34). The van der Waals surface area contributed by atoms with Gasteiger partial charge in [0.25, 0.3) is 17.7 Å². The molecule has 36 heavy (non-hydrogen) atoms. The summed E-state index contributed by atoms with van der Waals surface area (Å²) < 4.78 is 10.5. The molecule has 2 aliphatic heterocycles. The highest BCUT2D eigenvalue weighted by Crippen LogP contribution is 2.36. The number of carbonyl (C=O) groups is 5. The van der Waals surface area contributed by atoms with Gasteiger partial charge in [0, 0.05) is 0 Å². The Kier molecular flexibility index (Phi) is 5.43. The van der Waals surface area contributed by atoms with Crippen molar-refractivity contribution in [2.24, 2.45) is 0 Å². The zero-order valence-corrected chi connectivity index (χ0v) is 19.4. The van der Waals surface area contributed by atoms with Gasteiger partial charge in [0.15, 0.2) is 6.61 Å². The second kappa shape index (κ2) is 8.49. The lowest BCUT2D eigenvalue weighted by Crippen LogP contribution is -2.59. The van der Waals surface area contributed by atoms with E-state index in [4.69, 9.17) is 9.15 Å². The quantitative estimate of drug-likeness (QED) is 0.433. The van der Waals surface area contributed by atoms with Crippen molar-refractivity contribution in [3.63, 3.8) is 0 Å². The predicted molar refractivity (Wildman–Crippen MR) is 126 cm³/mol. The molecule has 0 spiro atoms. The lowest BCUT2D eigenvalue weighted by Gasteiger charge is -2.41. The fraction of sp³-hybridized carbons (Fsp3) is 0.192. The lowest BCUT2D eigenvalue weighted by atomic mass is 9.96. The first kappa shape index (κ1) is 23.0. The van der Waals surface area contributed by atoms with E-state index in [1.165, 1.54) is 29.4 Å². The van der Waals surface area contributed by atoms with Crippen LogP contribution >= 0.6 is 0 Å². The van der Waals surface area contributed by atoms with E-state index in [1.54, 1.807) is 50.2 Å². The molecule has 3 heterocycles. The number of nitrogens with zero attached hydrogens (tertiary/aromatic N) is 2. The summed E-state index contributed by atoms with van der Waals surface area (Å²) in [5, 5.41) is 2.76. The topological polar surface area (TPSA) is 126 Å². The van der Waals surface area contributed by atoms with Crippen LogP contribution in [-0.2, 0) is 20.9 Å². The number of furan rings is 1. The average molecular weight is 487 g/mol. The molecule has 5 rings (SSSR count). The van der Waals surface area contributed by atoms with Crippen LogP contribution in [0, 0.1) is 0 Å². The van der Waals surface area contributed by atoms with E-state index in [2.05, 4.69) is 5.32 Å². The summed E-state index contributed by atoms with van der Waals surface area (Å²) in [6.45, 7) is 2.53. The van der Waals surface area contributed by atoms with Crippen molar-refractivity contribution in [3.8, 4) is 0 Å². The van der Waals surface area contributed by atoms with E-state index in [0.29, 0.717) is 17.1 Å². The summed E-state index contributed by atoms with van der Waals surface area (Å²) in [5.41, 5.74) is -0.00950. The van der Waals surface area contributed by atoms with Crippen LogP contribution in [-0.4, -0.2) is 46.6 Å². The number of amides is 4. The third-order valence-electron chi connectivity index (χ3n) is 6.18. The van der Waals surface area contributed by atoms with Crippen molar-refractivity contribution in [2.45, 2.75) is 25.9 Å². The van der Waals surface area contributed by atoms with Crippen LogP contribution < -0.4 is 10.2 Å². The van der Waals surface area contributed by atoms with Crippen molar-refractivity contribution < 1.29 is 33.1 Å². The molecule has 3 aromatic rings. The number of nitrogens with one attached hydrogen (secondary N) is 1. The third-order valence-corrected chi connectivity index (χ3v) is 6.18. The number of ether oxygens (including phenoxy) is 1. The van der Waals surface area contributed by atoms with Crippen molar-refractivity contribution in [1.82, 2.24) is 4.90 Å². The van der Waals surface area contributed by atoms with E-state index in [0.717, 1.165) is 4.90 Å². The average Bonchev–Trinajstić information content (AvgIpc) is 3.45. The third kappa shape index (κ3) is 3.72. The van der Waals surface area contributed by atoms with Gasteiger partial charge in [-0.15, -0.1) is 0 Å². The van der Waals surface area contributed by atoms with Crippen molar-refractivity contribution in [2.75, 3.05) is 16.8 Å². The number of benzene rings is 2. The maximum Gasteiger partial charge on any atom is 0.338 e. The molecule has 182 valence electrons. The summed E-state index contributed by atoms with van der Waals surface area (Å²) in [6, 6.07) is 14.1. The van der Waals surface area contributed by atoms with Gasteiger partial charge in [0.1, 0.15) is 11.3 Å². The zero-order valence-electron chi connectivity index (χ0n) is 19.4. The van der Waals surface area contributed by atoms with E-state index >= 15 is 0 Å². The van der Waals surface area contributed by atoms with E-state index in [9.17, 15) is 24.0 Å². The molecule has 2 aromatic carbocycles. The van der Waals surface area contributed by atoms with Crippen LogP contribution in [0.15, 0.2) is 65.3 Å². The molecule has 0 bridgehead atoms. The van der Waals surface area contributed by atoms with Crippen LogP contribution in [0.1, 0.15) is 50.7 Å². The normalized spacial score (nSPS) is 15.9. The van der Waals surface area contributed by atoms with Crippen LogP contribution in [0.25, 0.3) is 0 Å². The van der Waals surface area contributed by atoms with Crippen LogP contribution in [0.4, 0.5) is 11.4 Å². The summed E-state index contributed by atoms with van der Waals surface area (Å²) in [7, 11) is 0. The van der Waals surface area contributed by atoms with E-state index < -0.39 is 35.8 Å². The van der Waals surface area contributed by atoms with Crippen molar-refractivity contribution in [3.05, 3.63) is 83.3 Å². The van der Waals surface area contributed by atoms with E-state index in [-0.39, 0.29) is 29.1 Å². The Morgan fingerprint density at radius 3 is 2.47 bits per heavy atom. The van der Waals surface area contributed by atoms with Crippen molar-refractivity contribution in [1.29, 1.82) is 0 Å². The smallest absolute Gasteiger partial charge is 0.338 e. The minimum Gasteiger partial charge on any atom is -0.467 e. The number of hydrogen-bond acceptors (Lipinski definition) is 7. The minimum atomic E-state index is -1.21. The molecule has 0 radical (unpaired) electrons. The summed E-state index contributed by atoms with van der Waals surface area (Å²) in [5.74, 6) is -2.42. The fourth-order valence-electron chi connectivity index (χ4n) is 4.29. The molecule has 0 fully saturated rings. The Labute approximate surface area is 205 Å². The molecular weight excluding hydrogens is 466 g/mol. The Morgan fingerprint density at radius 2 is 1.72 bits per heavy atom. The zero-order chi connectivity index (χ0) is 25.6. The number of imide groups is 1. The first-order valence-corrected chi connectivity index (χ1v) is 11.1. The second-order valence-electron chi connectivity index (χ2n) is 8.87. The van der Waals surface area contributed by atoms with Crippen LogP contribution in [0.3, 0.4) is 0 Å². The Hall–Kier alpha value is -4.73. The number of anilines is 2. The summed E-state index contributed by atoms with van der Waals surface area (Å²) in [6.07, 6.45) is 1.44. The number of esters is 1. The molecule has 0 unspecified atom stereocenters. The Bertz CT molecular complexity index is 1430. The number of rotatable bonds is 5. The lowest BCUT2D eigenvalue weighted by molar-refractivity contribution is -0.128. The van der Waals surface area contributed by atoms with Gasteiger partial charge in [-0.2, -0.15) is 0 Å². The van der Waals surface area contributed by atoms with E-state index in [1.807, 2.05) is 0 Å². The van der Waals surface area contributed by atoms with Gasteiger partial charge < -0.3 is 14.5 Å². The Balaban J connectivity index is 1.31. The molecule has 10 heteroatoms. The van der Waals surface area contributed by atoms with Gasteiger partial charge in [-0.3, -0.25) is 29.0 Å². The number of hydrogen-bond donors (Lipinski definition) is 1. The molecule has 4 amide bonds. The fourth-order valence-corrected chi connectivity index (χ4v) is 4.29. The molecule has 0 atom stereocenters. The first-order valence-electron chi connectivity index (χ1n) is 11.1. The monoisotopic (exact) mass is 487 g/mol. The summed E-state index contributed by atoms with van der Waals surface area (Å²) in [4.78, 5) is 66.2. The van der Waals surface area contributed by atoms with Crippen LogP contribution in [0.2, 0.25) is 0 Å². The molecule has 0 saturated carbocycles. The van der Waals surface area contributed by atoms with Gasteiger partial charge in [-0.1, -0.05) is 12.1 Å². The molecule has 0 aliphatic carbocycles. The summed E-state index contributed by atoms with van der Waals surface area (Å²) >= 11 is 0. The molecule has 1 aromatic heterocycles. The molecule has 0 saturated heterocycles. The van der Waals surface area contributed by atoms with Gasteiger partial charge in [0.05, 0.1) is 40.9 Å². The molecular formula is C26H21N3O7. The highest BCUT2D eigenvalue weighted by atomic mass is 16.5. The Morgan fingerprint density at radius 1 is 0.972 bits per heavy atom. The van der Waals surface area contributed by atoms with Gasteiger partial charge in [-0.25, -0.2) is 4.79 Å². The first-order chi connectivity index (χ1) is 17.2. The molecule has 10 nitrogen and oxygen atoms in total. The van der Waals surface area contributed by atoms with Gasteiger partial charge in [0.2, 0.25) is 5.91 Å². The van der Waals surface area contributed by atoms with Crippen LogP contribution in [0.5, 0.6) is 0 Å². The second-order valence-corrected chi connectivity index (χ2v) is 8.87. The maximum absolute atomic E-state index is 13.1. The molecule has 1 N–H and O–H groups in total. The predicted octanol–water partition coefficient (Wildman–Crippen LogP) is 3.00. The highest BCUT2D eigenvalue weighted by Gasteiger charge is 2.44. The highest BCUT2D eigenvalue weighted by molar-refractivity contribution is 6.22.